The van der Waals surface area contributed by atoms with Crippen LogP contribution in [0.4, 0.5) is 32.0 Å². The summed E-state index contributed by atoms with van der Waals surface area (Å²) in [4.78, 5) is 12.2. The number of nitrogens with zero attached hydrogens (tertiary/aromatic N) is 3. The Labute approximate surface area is 230 Å². The smallest absolute Gasteiger partial charge is 0.369 e. The van der Waals surface area contributed by atoms with Crippen molar-refractivity contribution in [1.29, 1.82) is 0 Å². The van der Waals surface area contributed by atoms with E-state index in [9.17, 15) is 50.0 Å². The SMILES string of the molecule is O=[N+]([O-])c1ccc(S(=O)(=O)N2CCN(Cc3ccc(-c4ccc(C(O)(C(F)(F)F)C(F)(F)F)cc4)cc3)CC2)cc1. The summed E-state index contributed by atoms with van der Waals surface area (Å²) in [5.41, 5.74) is -4.83. The van der Waals surface area contributed by atoms with E-state index in [-0.39, 0.29) is 23.7 Å². The van der Waals surface area contributed by atoms with Crippen LogP contribution < -0.4 is 0 Å². The molecule has 3 aromatic carbocycles. The van der Waals surface area contributed by atoms with Crippen molar-refractivity contribution in [3.63, 3.8) is 0 Å². The van der Waals surface area contributed by atoms with Crippen molar-refractivity contribution in [1.82, 2.24) is 9.21 Å². The third kappa shape index (κ3) is 6.07. The molecular formula is C26H23F6N3O5S. The molecule has 8 nitrogen and oxygen atoms in total. The average molecular weight is 604 g/mol. The van der Waals surface area contributed by atoms with E-state index in [1.807, 2.05) is 4.90 Å². The number of alkyl halides is 6. The first kappa shape index (κ1) is 30.4. The van der Waals surface area contributed by atoms with Crippen LogP contribution in [0.3, 0.4) is 0 Å². The number of rotatable bonds is 7. The lowest BCUT2D eigenvalue weighted by molar-refractivity contribution is -0.384. The van der Waals surface area contributed by atoms with E-state index in [1.54, 1.807) is 24.3 Å². The van der Waals surface area contributed by atoms with Gasteiger partial charge in [-0.3, -0.25) is 15.0 Å². The Balaban J connectivity index is 1.38. The summed E-state index contributed by atoms with van der Waals surface area (Å²) in [6, 6.07) is 14.8. The number of halogens is 6. The molecule has 0 unspecified atom stereocenters. The highest BCUT2D eigenvalue weighted by Gasteiger charge is 2.71. The fourth-order valence-electron chi connectivity index (χ4n) is 4.47. The van der Waals surface area contributed by atoms with Gasteiger partial charge in [-0.05, 0) is 28.8 Å². The zero-order valence-corrected chi connectivity index (χ0v) is 21.9. The van der Waals surface area contributed by atoms with Crippen molar-refractivity contribution in [3.8, 4) is 11.1 Å². The minimum absolute atomic E-state index is 0.0401. The lowest BCUT2D eigenvalue weighted by Crippen LogP contribution is -2.53. The molecule has 220 valence electrons. The minimum Gasteiger partial charge on any atom is -0.369 e. The van der Waals surface area contributed by atoms with Gasteiger partial charge >= 0.3 is 12.4 Å². The zero-order valence-electron chi connectivity index (χ0n) is 21.1. The van der Waals surface area contributed by atoms with Gasteiger partial charge in [0, 0.05) is 50.4 Å². The Morgan fingerprint density at radius 1 is 0.756 bits per heavy atom. The summed E-state index contributed by atoms with van der Waals surface area (Å²) in [6.45, 7) is 1.69. The maximum absolute atomic E-state index is 13.1. The molecule has 0 spiro atoms. The van der Waals surface area contributed by atoms with Crippen molar-refractivity contribution in [3.05, 3.63) is 94.0 Å². The third-order valence-corrected chi connectivity index (χ3v) is 8.75. The maximum atomic E-state index is 13.1. The summed E-state index contributed by atoms with van der Waals surface area (Å²) in [6.07, 6.45) is -11.9. The molecular weight excluding hydrogens is 580 g/mol. The fourth-order valence-corrected chi connectivity index (χ4v) is 5.89. The molecule has 1 heterocycles. The predicted octanol–water partition coefficient (Wildman–Crippen LogP) is 5.08. The standard InChI is InChI=1S/C26H23F6N3O5S/c27-25(28,29)24(36,26(30,31)32)21-7-5-20(6-8-21)19-3-1-18(2-4-19)17-33-13-15-34(16-14-33)41(39,40)23-11-9-22(10-12-23)35(37)38/h1-12,36H,13-17H2. The molecule has 0 bridgehead atoms. The number of nitro groups is 1. The van der Waals surface area contributed by atoms with Gasteiger partial charge in [-0.25, -0.2) is 8.42 Å². The van der Waals surface area contributed by atoms with Crippen molar-refractivity contribution >= 4 is 15.7 Å². The Morgan fingerprint density at radius 2 is 1.22 bits per heavy atom. The predicted molar refractivity (Wildman–Crippen MR) is 135 cm³/mol. The molecule has 0 atom stereocenters. The minimum atomic E-state index is -5.96. The highest BCUT2D eigenvalue weighted by molar-refractivity contribution is 7.89. The van der Waals surface area contributed by atoms with E-state index in [0.717, 1.165) is 29.8 Å². The van der Waals surface area contributed by atoms with Gasteiger partial charge in [-0.2, -0.15) is 30.6 Å². The molecule has 41 heavy (non-hydrogen) atoms. The fraction of sp³-hybridized carbons (Fsp3) is 0.308. The first-order valence-electron chi connectivity index (χ1n) is 12.1. The molecule has 0 aromatic heterocycles. The number of piperazine rings is 1. The lowest BCUT2D eigenvalue weighted by Gasteiger charge is -2.34. The number of nitro benzene ring substituents is 1. The van der Waals surface area contributed by atoms with Crippen LogP contribution in [0, 0.1) is 10.1 Å². The normalized spacial score (nSPS) is 16.1. The summed E-state index contributed by atoms with van der Waals surface area (Å²) < 4.78 is 106. The molecule has 1 aliphatic heterocycles. The molecule has 1 N–H and O–H groups in total. The van der Waals surface area contributed by atoms with Crippen molar-refractivity contribution in [2.45, 2.75) is 29.4 Å². The summed E-state index contributed by atoms with van der Waals surface area (Å²) in [7, 11) is -3.82. The first-order valence-corrected chi connectivity index (χ1v) is 13.5. The largest absolute Gasteiger partial charge is 0.430 e. The Bertz CT molecular complexity index is 1470. The number of non-ortho nitro benzene ring substituents is 1. The highest BCUT2D eigenvalue weighted by Crippen LogP contribution is 2.50. The van der Waals surface area contributed by atoms with Gasteiger partial charge in [0.15, 0.2) is 0 Å². The van der Waals surface area contributed by atoms with Gasteiger partial charge < -0.3 is 5.11 Å². The van der Waals surface area contributed by atoms with Crippen molar-refractivity contribution in [2.75, 3.05) is 26.2 Å². The topological polar surface area (TPSA) is 104 Å². The number of hydrogen-bond donors (Lipinski definition) is 1. The van der Waals surface area contributed by atoms with E-state index >= 15 is 0 Å². The second-order valence-electron chi connectivity index (χ2n) is 9.41. The van der Waals surface area contributed by atoms with E-state index < -0.39 is 38.5 Å². The number of benzene rings is 3. The Kier molecular flexibility index (Phi) is 8.19. The van der Waals surface area contributed by atoms with Gasteiger partial charge in [-0.1, -0.05) is 48.5 Å². The molecule has 1 saturated heterocycles. The van der Waals surface area contributed by atoms with Crippen LogP contribution in [-0.4, -0.2) is 66.2 Å². The molecule has 3 aromatic rings. The second-order valence-corrected chi connectivity index (χ2v) is 11.3. The zero-order chi connectivity index (χ0) is 30.2. The molecule has 1 aliphatic rings. The third-order valence-electron chi connectivity index (χ3n) is 6.83. The molecule has 0 amide bonds. The summed E-state index contributed by atoms with van der Waals surface area (Å²) >= 11 is 0. The Hall–Kier alpha value is -3.53. The summed E-state index contributed by atoms with van der Waals surface area (Å²) in [5, 5.41) is 20.4. The molecule has 4 rings (SSSR count). The highest BCUT2D eigenvalue weighted by atomic mass is 32.2. The van der Waals surface area contributed by atoms with Gasteiger partial charge in [0.1, 0.15) is 0 Å². The quantitative estimate of drug-likeness (QED) is 0.230. The average Bonchev–Trinajstić information content (AvgIpc) is 2.92. The molecule has 1 fully saturated rings. The van der Waals surface area contributed by atoms with Crippen LogP contribution in [0.15, 0.2) is 77.7 Å². The molecule has 0 saturated carbocycles. The van der Waals surface area contributed by atoms with Crippen LogP contribution in [0.1, 0.15) is 11.1 Å². The molecule has 15 heteroatoms. The maximum Gasteiger partial charge on any atom is 0.430 e. The number of aliphatic hydroxyl groups is 1. The first-order chi connectivity index (χ1) is 19.0. The van der Waals surface area contributed by atoms with E-state index in [1.165, 1.54) is 16.4 Å². The van der Waals surface area contributed by atoms with Gasteiger partial charge in [0.25, 0.3) is 11.3 Å². The number of sulfonamides is 1. The van der Waals surface area contributed by atoms with Gasteiger partial charge in [-0.15, -0.1) is 0 Å². The van der Waals surface area contributed by atoms with E-state index in [4.69, 9.17) is 0 Å². The summed E-state index contributed by atoms with van der Waals surface area (Å²) in [5.74, 6) is 0. The van der Waals surface area contributed by atoms with Crippen LogP contribution in [0.2, 0.25) is 0 Å². The van der Waals surface area contributed by atoms with Gasteiger partial charge in [0.2, 0.25) is 10.0 Å². The van der Waals surface area contributed by atoms with Crippen LogP contribution in [0.5, 0.6) is 0 Å². The molecule has 0 aliphatic carbocycles. The second kappa shape index (κ2) is 11.0. The van der Waals surface area contributed by atoms with Crippen molar-refractivity contribution in [2.24, 2.45) is 0 Å². The monoisotopic (exact) mass is 603 g/mol. The van der Waals surface area contributed by atoms with Crippen molar-refractivity contribution < 1.29 is 44.8 Å². The van der Waals surface area contributed by atoms with Crippen LogP contribution in [0.25, 0.3) is 11.1 Å². The van der Waals surface area contributed by atoms with Crippen LogP contribution in [-0.2, 0) is 22.2 Å². The van der Waals surface area contributed by atoms with E-state index in [0.29, 0.717) is 42.9 Å². The van der Waals surface area contributed by atoms with Gasteiger partial charge in [0.05, 0.1) is 9.82 Å². The number of hydrogen-bond acceptors (Lipinski definition) is 6. The lowest BCUT2D eigenvalue weighted by atomic mass is 9.90. The van der Waals surface area contributed by atoms with E-state index in [2.05, 4.69) is 0 Å². The Morgan fingerprint density at radius 3 is 1.66 bits per heavy atom. The molecule has 0 radical (unpaired) electrons. The van der Waals surface area contributed by atoms with Crippen LogP contribution >= 0.6 is 0 Å².